The molecule has 3 heterocycles. The summed E-state index contributed by atoms with van der Waals surface area (Å²) in [6.45, 7) is 9.67. The predicted octanol–water partition coefficient (Wildman–Crippen LogP) is 2.01. The van der Waals surface area contributed by atoms with Crippen molar-refractivity contribution < 1.29 is 13.7 Å². The molecule has 0 N–H and O–H groups in total. The van der Waals surface area contributed by atoms with Crippen LogP contribution in [0.25, 0.3) is 5.82 Å². The Labute approximate surface area is 129 Å². The number of aryl methyl sites for hydroxylation is 1. The van der Waals surface area contributed by atoms with Gasteiger partial charge in [-0.2, -0.15) is 5.10 Å². The van der Waals surface area contributed by atoms with Crippen LogP contribution in [-0.2, 0) is 9.31 Å². The zero-order valence-electron chi connectivity index (χ0n) is 13.4. The highest BCUT2D eigenvalue weighted by Gasteiger charge is 2.52. The van der Waals surface area contributed by atoms with Crippen LogP contribution in [0.1, 0.15) is 33.3 Å². The first-order valence-electron chi connectivity index (χ1n) is 7.22. The number of rotatable bonds is 2. The number of hydrogen-bond donors (Lipinski definition) is 0. The largest absolute Gasteiger partial charge is 0.498 e. The van der Waals surface area contributed by atoms with E-state index in [1.165, 1.54) is 6.20 Å². The highest BCUT2D eigenvalue weighted by molar-refractivity contribution is 6.62. The summed E-state index contributed by atoms with van der Waals surface area (Å²) in [6.07, 6.45) is 4.72. The summed E-state index contributed by atoms with van der Waals surface area (Å²) in [6, 6.07) is 1.62. The minimum Gasteiger partial charge on any atom is -0.399 e. The molecule has 1 aliphatic heterocycles. The van der Waals surface area contributed by atoms with Gasteiger partial charge in [0.15, 0.2) is 5.82 Å². The first kappa shape index (κ1) is 15.2. The summed E-state index contributed by atoms with van der Waals surface area (Å²) in [5.41, 5.74) is 0.297. The van der Waals surface area contributed by atoms with Gasteiger partial charge in [0, 0.05) is 11.7 Å². The van der Waals surface area contributed by atoms with Gasteiger partial charge in [-0.3, -0.25) is 0 Å². The monoisotopic (exact) mass is 303 g/mol. The van der Waals surface area contributed by atoms with E-state index in [0.717, 1.165) is 5.56 Å². The zero-order chi connectivity index (χ0) is 16.1. The van der Waals surface area contributed by atoms with E-state index in [9.17, 15) is 4.39 Å². The van der Waals surface area contributed by atoms with Crippen LogP contribution in [-0.4, -0.2) is 33.1 Å². The third kappa shape index (κ3) is 2.44. The third-order valence-electron chi connectivity index (χ3n) is 4.32. The fourth-order valence-electron chi connectivity index (χ4n) is 2.26. The van der Waals surface area contributed by atoms with Crippen molar-refractivity contribution >= 4 is 12.6 Å². The minimum absolute atomic E-state index is 0.330. The predicted molar refractivity (Wildman–Crippen MR) is 81.8 cm³/mol. The lowest BCUT2D eigenvalue weighted by atomic mass is 9.79. The third-order valence-corrected chi connectivity index (χ3v) is 4.32. The molecule has 0 aromatic carbocycles. The Kier molecular flexibility index (Phi) is 3.38. The van der Waals surface area contributed by atoms with Gasteiger partial charge in [-0.15, -0.1) is 0 Å². The highest BCUT2D eigenvalue weighted by atomic mass is 19.1. The van der Waals surface area contributed by atoms with Crippen molar-refractivity contribution in [1.29, 1.82) is 0 Å². The molecule has 0 bridgehead atoms. The van der Waals surface area contributed by atoms with Crippen molar-refractivity contribution in [2.75, 3.05) is 0 Å². The van der Waals surface area contributed by atoms with E-state index >= 15 is 0 Å². The van der Waals surface area contributed by atoms with E-state index in [0.29, 0.717) is 11.3 Å². The van der Waals surface area contributed by atoms with E-state index in [4.69, 9.17) is 9.31 Å². The average Bonchev–Trinajstić information content (AvgIpc) is 2.92. The van der Waals surface area contributed by atoms with Gasteiger partial charge in [-0.25, -0.2) is 14.1 Å². The maximum absolute atomic E-state index is 14.2. The van der Waals surface area contributed by atoms with E-state index in [-0.39, 0.29) is 0 Å². The van der Waals surface area contributed by atoms with Gasteiger partial charge < -0.3 is 9.31 Å². The van der Waals surface area contributed by atoms with Crippen LogP contribution in [0.2, 0.25) is 0 Å². The van der Waals surface area contributed by atoms with Crippen LogP contribution in [0.5, 0.6) is 0 Å². The van der Waals surface area contributed by atoms with Crippen molar-refractivity contribution in [3.8, 4) is 5.82 Å². The standard InChI is InChI=1S/C15H19BFN3O2/c1-10-7-19-20(9-10)13-6-11(12(17)8-18-13)16-21-14(2,3)15(4,5)22-16/h6-9H,1-5H3. The smallest absolute Gasteiger partial charge is 0.399 e. The van der Waals surface area contributed by atoms with E-state index < -0.39 is 24.1 Å². The number of nitrogens with zero attached hydrogens (tertiary/aromatic N) is 3. The first-order valence-corrected chi connectivity index (χ1v) is 7.22. The summed E-state index contributed by atoms with van der Waals surface area (Å²) in [7, 11) is -0.761. The summed E-state index contributed by atoms with van der Waals surface area (Å²) >= 11 is 0. The number of aromatic nitrogens is 3. The molecule has 1 saturated heterocycles. The maximum Gasteiger partial charge on any atom is 0.498 e. The fourth-order valence-corrected chi connectivity index (χ4v) is 2.26. The highest BCUT2D eigenvalue weighted by Crippen LogP contribution is 2.36. The molecule has 0 unspecified atom stereocenters. The number of halogens is 1. The van der Waals surface area contributed by atoms with Crippen LogP contribution < -0.4 is 5.46 Å². The molecule has 0 aliphatic carbocycles. The Balaban J connectivity index is 1.98. The molecule has 3 rings (SSSR count). The molecule has 5 nitrogen and oxygen atoms in total. The molecule has 7 heteroatoms. The first-order chi connectivity index (χ1) is 10.2. The lowest BCUT2D eigenvalue weighted by molar-refractivity contribution is 0.00578. The SMILES string of the molecule is Cc1cnn(-c2cc(B3OC(C)(C)C(C)(C)O3)c(F)cn2)c1. The van der Waals surface area contributed by atoms with Crippen molar-refractivity contribution in [2.24, 2.45) is 0 Å². The fraction of sp³-hybridized carbons (Fsp3) is 0.467. The van der Waals surface area contributed by atoms with Crippen LogP contribution in [0.15, 0.2) is 24.7 Å². The molecule has 22 heavy (non-hydrogen) atoms. The van der Waals surface area contributed by atoms with Gasteiger partial charge in [-0.1, -0.05) is 0 Å². The van der Waals surface area contributed by atoms with Crippen LogP contribution in [0.4, 0.5) is 4.39 Å². The van der Waals surface area contributed by atoms with E-state index in [1.54, 1.807) is 16.9 Å². The average molecular weight is 303 g/mol. The second kappa shape index (κ2) is 4.89. The molecule has 0 spiro atoms. The lowest BCUT2D eigenvalue weighted by Gasteiger charge is -2.32. The van der Waals surface area contributed by atoms with E-state index in [1.807, 2.05) is 40.8 Å². The normalized spacial score (nSPS) is 19.6. The van der Waals surface area contributed by atoms with Gasteiger partial charge in [0.1, 0.15) is 5.82 Å². The molecular weight excluding hydrogens is 284 g/mol. The van der Waals surface area contributed by atoms with Gasteiger partial charge in [-0.05, 0) is 46.2 Å². The van der Waals surface area contributed by atoms with Crippen molar-refractivity contribution in [1.82, 2.24) is 14.8 Å². The number of pyridine rings is 1. The van der Waals surface area contributed by atoms with Crippen molar-refractivity contribution in [2.45, 2.75) is 45.8 Å². The van der Waals surface area contributed by atoms with Gasteiger partial charge >= 0.3 is 7.12 Å². The Bertz CT molecular complexity index is 699. The van der Waals surface area contributed by atoms with Crippen molar-refractivity contribution in [3.63, 3.8) is 0 Å². The summed E-state index contributed by atoms with van der Waals surface area (Å²) < 4.78 is 27.6. The second-order valence-electron chi connectivity index (χ2n) is 6.61. The van der Waals surface area contributed by atoms with Crippen molar-refractivity contribution in [3.05, 3.63) is 36.0 Å². The van der Waals surface area contributed by atoms with Gasteiger partial charge in [0.25, 0.3) is 0 Å². The van der Waals surface area contributed by atoms with Gasteiger partial charge in [0.2, 0.25) is 0 Å². The molecule has 0 amide bonds. The second-order valence-corrected chi connectivity index (χ2v) is 6.61. The number of hydrogen-bond acceptors (Lipinski definition) is 4. The Morgan fingerprint density at radius 3 is 2.32 bits per heavy atom. The van der Waals surface area contributed by atoms with E-state index in [2.05, 4.69) is 10.1 Å². The Hall–Kier alpha value is -1.73. The molecule has 116 valence electrons. The molecular formula is C15H19BFN3O2. The molecule has 2 aromatic heterocycles. The quantitative estimate of drug-likeness (QED) is 0.796. The molecule has 0 radical (unpaired) electrons. The molecule has 1 fully saturated rings. The van der Waals surface area contributed by atoms with Gasteiger partial charge in [0.05, 0.1) is 23.6 Å². The maximum atomic E-state index is 14.2. The minimum atomic E-state index is -0.761. The van der Waals surface area contributed by atoms with Crippen LogP contribution >= 0.6 is 0 Å². The molecule has 1 aliphatic rings. The molecule has 0 atom stereocenters. The molecule has 2 aromatic rings. The Morgan fingerprint density at radius 2 is 1.77 bits per heavy atom. The zero-order valence-corrected chi connectivity index (χ0v) is 13.4. The summed E-state index contributed by atoms with van der Waals surface area (Å²) in [4.78, 5) is 4.08. The topological polar surface area (TPSA) is 49.2 Å². The Morgan fingerprint density at radius 1 is 1.14 bits per heavy atom. The summed E-state index contributed by atoms with van der Waals surface area (Å²) in [5, 5.41) is 4.19. The lowest BCUT2D eigenvalue weighted by Crippen LogP contribution is -2.41. The van der Waals surface area contributed by atoms with Crippen LogP contribution in [0, 0.1) is 12.7 Å². The van der Waals surface area contributed by atoms with Crippen LogP contribution in [0.3, 0.4) is 0 Å². The molecule has 0 saturated carbocycles. The summed E-state index contributed by atoms with van der Waals surface area (Å²) in [5.74, 6) is 0.0744.